The Morgan fingerprint density at radius 2 is 2.15 bits per heavy atom. The van der Waals surface area contributed by atoms with E-state index in [0.717, 1.165) is 6.42 Å². The van der Waals surface area contributed by atoms with E-state index in [2.05, 4.69) is 10.3 Å². The molecule has 1 N–H and O–H groups in total. The summed E-state index contributed by atoms with van der Waals surface area (Å²) in [7, 11) is 0. The zero-order valence-corrected chi connectivity index (χ0v) is 16.7. The fourth-order valence-electron chi connectivity index (χ4n) is 2.88. The van der Waals surface area contributed by atoms with Gasteiger partial charge in [0.1, 0.15) is 10.6 Å². The summed E-state index contributed by atoms with van der Waals surface area (Å²) < 4.78 is 7.26. The van der Waals surface area contributed by atoms with Crippen molar-refractivity contribution >= 4 is 33.1 Å². The number of anilines is 1. The molecule has 1 aromatic carbocycles. The van der Waals surface area contributed by atoms with Crippen molar-refractivity contribution in [3.8, 4) is 5.75 Å². The molecule has 0 spiro atoms. The van der Waals surface area contributed by atoms with Crippen LogP contribution in [0.1, 0.15) is 42.4 Å². The SMILES string of the molecule is CCCn1cnc2sc(C(=O)Nc3cccc(OC(C)C)c3)c(C)c2c1=O. The summed E-state index contributed by atoms with van der Waals surface area (Å²) in [6.45, 7) is 8.31. The van der Waals surface area contributed by atoms with Crippen molar-refractivity contribution in [2.24, 2.45) is 0 Å². The van der Waals surface area contributed by atoms with Crippen LogP contribution in [0.5, 0.6) is 5.75 Å². The number of rotatable bonds is 6. The zero-order valence-electron chi connectivity index (χ0n) is 15.9. The maximum absolute atomic E-state index is 12.8. The van der Waals surface area contributed by atoms with Crippen molar-refractivity contribution in [2.75, 3.05) is 5.32 Å². The summed E-state index contributed by atoms with van der Waals surface area (Å²) in [6, 6.07) is 7.27. The van der Waals surface area contributed by atoms with Crippen LogP contribution in [0.15, 0.2) is 35.4 Å². The monoisotopic (exact) mass is 385 g/mol. The summed E-state index contributed by atoms with van der Waals surface area (Å²) in [5, 5.41) is 3.41. The van der Waals surface area contributed by atoms with E-state index in [0.29, 0.717) is 38.6 Å². The number of amides is 1. The molecular formula is C20H23N3O3S. The molecule has 6 nitrogen and oxygen atoms in total. The molecule has 27 heavy (non-hydrogen) atoms. The van der Waals surface area contributed by atoms with E-state index in [4.69, 9.17) is 4.74 Å². The number of carbonyl (C=O) groups excluding carboxylic acids is 1. The first-order chi connectivity index (χ1) is 12.9. The van der Waals surface area contributed by atoms with Gasteiger partial charge in [-0.15, -0.1) is 11.3 Å². The molecule has 0 aliphatic heterocycles. The first-order valence-corrected chi connectivity index (χ1v) is 9.79. The Bertz CT molecular complexity index is 1040. The number of hydrogen-bond acceptors (Lipinski definition) is 5. The van der Waals surface area contributed by atoms with Crippen molar-refractivity contribution in [1.29, 1.82) is 0 Å². The van der Waals surface area contributed by atoms with Gasteiger partial charge in [0, 0.05) is 18.3 Å². The fourth-order valence-corrected chi connectivity index (χ4v) is 3.92. The van der Waals surface area contributed by atoms with Gasteiger partial charge in [-0.05, 0) is 44.9 Å². The predicted octanol–water partition coefficient (Wildman–Crippen LogP) is 4.22. The molecule has 0 atom stereocenters. The molecule has 0 bridgehead atoms. The molecule has 0 aliphatic rings. The van der Waals surface area contributed by atoms with Crippen LogP contribution in [0.2, 0.25) is 0 Å². The van der Waals surface area contributed by atoms with Gasteiger partial charge >= 0.3 is 0 Å². The van der Waals surface area contributed by atoms with Gasteiger partial charge in [-0.3, -0.25) is 14.2 Å². The third-order valence-corrected chi connectivity index (χ3v) is 5.25. The van der Waals surface area contributed by atoms with E-state index in [-0.39, 0.29) is 17.6 Å². The standard InChI is InChI=1S/C20H23N3O3S/c1-5-9-23-11-21-19-16(20(23)25)13(4)17(27-19)18(24)22-14-7-6-8-15(10-14)26-12(2)3/h6-8,10-12H,5,9H2,1-4H3,(H,22,24). The van der Waals surface area contributed by atoms with Crippen LogP contribution in [-0.2, 0) is 6.54 Å². The number of benzene rings is 1. The Morgan fingerprint density at radius 3 is 2.85 bits per heavy atom. The van der Waals surface area contributed by atoms with Crippen molar-refractivity contribution in [3.63, 3.8) is 0 Å². The summed E-state index contributed by atoms with van der Waals surface area (Å²) in [4.78, 5) is 30.9. The Kier molecular flexibility index (Phi) is 5.60. The number of hydrogen-bond donors (Lipinski definition) is 1. The molecule has 0 radical (unpaired) electrons. The first-order valence-electron chi connectivity index (χ1n) is 8.97. The highest BCUT2D eigenvalue weighted by Crippen LogP contribution is 2.28. The minimum atomic E-state index is -0.251. The van der Waals surface area contributed by atoms with Gasteiger partial charge < -0.3 is 10.1 Å². The molecule has 0 saturated heterocycles. The third kappa shape index (κ3) is 4.03. The predicted molar refractivity (Wildman–Crippen MR) is 109 cm³/mol. The normalized spacial score (nSPS) is 11.1. The van der Waals surface area contributed by atoms with Gasteiger partial charge in [0.25, 0.3) is 11.5 Å². The van der Waals surface area contributed by atoms with Crippen molar-refractivity contribution in [2.45, 2.75) is 46.8 Å². The molecule has 2 aromatic heterocycles. The van der Waals surface area contributed by atoms with Gasteiger partial charge in [0.15, 0.2) is 0 Å². The Morgan fingerprint density at radius 1 is 1.37 bits per heavy atom. The van der Waals surface area contributed by atoms with Gasteiger partial charge in [-0.2, -0.15) is 0 Å². The fraction of sp³-hybridized carbons (Fsp3) is 0.350. The van der Waals surface area contributed by atoms with Crippen LogP contribution in [0, 0.1) is 6.92 Å². The molecular weight excluding hydrogens is 362 g/mol. The zero-order chi connectivity index (χ0) is 19.6. The molecule has 142 valence electrons. The van der Waals surface area contributed by atoms with Crippen LogP contribution < -0.4 is 15.6 Å². The number of ether oxygens (including phenoxy) is 1. The highest BCUT2D eigenvalue weighted by Gasteiger charge is 2.19. The summed E-state index contributed by atoms with van der Waals surface area (Å²) >= 11 is 1.24. The lowest BCUT2D eigenvalue weighted by atomic mass is 10.2. The summed E-state index contributed by atoms with van der Waals surface area (Å²) in [5.74, 6) is 0.443. The molecule has 0 fully saturated rings. The second-order valence-electron chi connectivity index (χ2n) is 6.63. The largest absolute Gasteiger partial charge is 0.491 e. The average Bonchev–Trinajstić information content (AvgIpc) is 2.95. The summed E-state index contributed by atoms with van der Waals surface area (Å²) in [5.41, 5.74) is 1.22. The van der Waals surface area contributed by atoms with E-state index in [1.807, 2.05) is 32.9 Å². The molecule has 0 aliphatic carbocycles. The average molecular weight is 385 g/mol. The molecule has 0 unspecified atom stereocenters. The van der Waals surface area contributed by atoms with Crippen molar-refractivity contribution < 1.29 is 9.53 Å². The maximum Gasteiger partial charge on any atom is 0.266 e. The third-order valence-electron chi connectivity index (χ3n) is 4.05. The Hall–Kier alpha value is -2.67. The second-order valence-corrected chi connectivity index (χ2v) is 7.63. The topological polar surface area (TPSA) is 73.2 Å². The van der Waals surface area contributed by atoms with Crippen LogP contribution in [0.3, 0.4) is 0 Å². The van der Waals surface area contributed by atoms with Crippen molar-refractivity contribution in [3.05, 3.63) is 51.4 Å². The minimum absolute atomic E-state index is 0.0529. The van der Waals surface area contributed by atoms with E-state index in [1.165, 1.54) is 11.3 Å². The number of nitrogens with zero attached hydrogens (tertiary/aromatic N) is 2. The van der Waals surface area contributed by atoms with Crippen molar-refractivity contribution in [1.82, 2.24) is 9.55 Å². The lowest BCUT2D eigenvalue weighted by Gasteiger charge is -2.11. The van der Waals surface area contributed by atoms with Gasteiger partial charge in [-0.1, -0.05) is 13.0 Å². The number of nitrogens with one attached hydrogen (secondary N) is 1. The quantitative estimate of drug-likeness (QED) is 0.690. The second kappa shape index (κ2) is 7.92. The lowest BCUT2D eigenvalue weighted by Crippen LogP contribution is -2.20. The van der Waals surface area contributed by atoms with Gasteiger partial charge in [-0.25, -0.2) is 4.98 Å². The van der Waals surface area contributed by atoms with Crippen LogP contribution >= 0.6 is 11.3 Å². The van der Waals surface area contributed by atoms with E-state index in [1.54, 1.807) is 30.0 Å². The highest BCUT2D eigenvalue weighted by atomic mass is 32.1. The molecule has 1 amide bonds. The minimum Gasteiger partial charge on any atom is -0.491 e. The number of thiophene rings is 1. The molecule has 2 heterocycles. The Balaban J connectivity index is 1.91. The molecule has 7 heteroatoms. The van der Waals surface area contributed by atoms with E-state index in [9.17, 15) is 9.59 Å². The number of carbonyl (C=O) groups is 1. The van der Waals surface area contributed by atoms with Crippen LogP contribution in [0.4, 0.5) is 5.69 Å². The van der Waals surface area contributed by atoms with Gasteiger partial charge in [0.2, 0.25) is 0 Å². The van der Waals surface area contributed by atoms with E-state index >= 15 is 0 Å². The molecule has 3 aromatic rings. The van der Waals surface area contributed by atoms with Gasteiger partial charge in [0.05, 0.1) is 22.7 Å². The molecule has 0 saturated carbocycles. The molecule has 3 rings (SSSR count). The maximum atomic E-state index is 12.8. The Labute approximate surface area is 161 Å². The highest BCUT2D eigenvalue weighted by molar-refractivity contribution is 7.20. The number of fused-ring (bicyclic) bond motifs is 1. The number of aryl methyl sites for hydroxylation is 2. The number of aromatic nitrogens is 2. The van der Waals surface area contributed by atoms with Crippen LogP contribution in [0.25, 0.3) is 10.2 Å². The lowest BCUT2D eigenvalue weighted by molar-refractivity contribution is 0.103. The summed E-state index contributed by atoms with van der Waals surface area (Å²) in [6.07, 6.45) is 2.45. The van der Waals surface area contributed by atoms with E-state index < -0.39 is 0 Å². The first kappa shape index (κ1) is 19.1. The van der Waals surface area contributed by atoms with Crippen LogP contribution in [-0.4, -0.2) is 21.6 Å². The smallest absolute Gasteiger partial charge is 0.266 e.